The van der Waals surface area contributed by atoms with Gasteiger partial charge in [-0.2, -0.15) is 5.10 Å². The summed E-state index contributed by atoms with van der Waals surface area (Å²) in [7, 11) is 0. The number of aromatic nitrogens is 2. The van der Waals surface area contributed by atoms with Crippen molar-refractivity contribution in [3.8, 4) is 0 Å². The van der Waals surface area contributed by atoms with Crippen molar-refractivity contribution in [1.29, 1.82) is 0 Å². The first-order valence-corrected chi connectivity index (χ1v) is 6.11. The molecule has 1 aliphatic heterocycles. The van der Waals surface area contributed by atoms with Gasteiger partial charge < -0.3 is 5.32 Å². The van der Waals surface area contributed by atoms with Crippen LogP contribution in [0.2, 0.25) is 0 Å². The van der Waals surface area contributed by atoms with Crippen molar-refractivity contribution >= 4 is 0 Å². The van der Waals surface area contributed by atoms with Crippen molar-refractivity contribution in [1.82, 2.24) is 15.1 Å². The van der Waals surface area contributed by atoms with Crippen LogP contribution in [0.4, 0.5) is 0 Å². The highest BCUT2D eigenvalue weighted by Gasteiger charge is 2.28. The van der Waals surface area contributed by atoms with Crippen LogP contribution in [0, 0.1) is 6.92 Å². The van der Waals surface area contributed by atoms with E-state index in [1.54, 1.807) is 0 Å². The van der Waals surface area contributed by atoms with Crippen LogP contribution in [-0.2, 0) is 0 Å². The predicted octanol–water partition coefficient (Wildman–Crippen LogP) is 1.99. The summed E-state index contributed by atoms with van der Waals surface area (Å²) in [4.78, 5) is 0. The summed E-state index contributed by atoms with van der Waals surface area (Å²) in [5.74, 6) is 0.834. The number of rotatable bonds is 2. The fourth-order valence-electron chi connectivity index (χ4n) is 2.55. The molecule has 0 amide bonds. The average Bonchev–Trinajstić information content (AvgIpc) is 3.04. The quantitative estimate of drug-likeness (QED) is 0.800. The van der Waals surface area contributed by atoms with E-state index in [1.165, 1.54) is 36.9 Å². The number of nitrogens with zero attached hydrogens (tertiary/aromatic N) is 2. The van der Waals surface area contributed by atoms with Gasteiger partial charge in [-0.1, -0.05) is 0 Å². The summed E-state index contributed by atoms with van der Waals surface area (Å²) < 4.78 is 2.23. The molecule has 1 aromatic rings. The second kappa shape index (κ2) is 3.63. The van der Waals surface area contributed by atoms with Gasteiger partial charge in [-0.3, -0.25) is 4.68 Å². The second-order valence-corrected chi connectivity index (χ2v) is 4.91. The number of hydrogen-bond acceptors (Lipinski definition) is 2. The van der Waals surface area contributed by atoms with E-state index in [9.17, 15) is 0 Å². The minimum atomic E-state index is 0.637. The molecular formula is C12H19N3. The van der Waals surface area contributed by atoms with Crippen LogP contribution in [0.15, 0.2) is 6.20 Å². The predicted molar refractivity (Wildman–Crippen MR) is 60.1 cm³/mol. The Morgan fingerprint density at radius 1 is 1.27 bits per heavy atom. The van der Waals surface area contributed by atoms with Crippen LogP contribution in [0.1, 0.15) is 48.9 Å². The zero-order valence-electron chi connectivity index (χ0n) is 9.37. The van der Waals surface area contributed by atoms with Gasteiger partial charge in [-0.25, -0.2) is 0 Å². The SMILES string of the molecule is Cc1nn(C2CCNCC2)cc1C1CC1. The molecule has 1 saturated carbocycles. The van der Waals surface area contributed by atoms with Crippen molar-refractivity contribution < 1.29 is 0 Å². The van der Waals surface area contributed by atoms with E-state index in [4.69, 9.17) is 0 Å². The molecule has 0 bridgehead atoms. The molecule has 3 rings (SSSR count). The lowest BCUT2D eigenvalue weighted by Crippen LogP contribution is -2.29. The summed E-state index contributed by atoms with van der Waals surface area (Å²) in [6.45, 7) is 4.44. The second-order valence-electron chi connectivity index (χ2n) is 4.91. The maximum atomic E-state index is 4.68. The molecule has 1 N–H and O–H groups in total. The molecule has 82 valence electrons. The van der Waals surface area contributed by atoms with Crippen LogP contribution in [0.25, 0.3) is 0 Å². The highest BCUT2D eigenvalue weighted by Crippen LogP contribution is 2.41. The third-order valence-corrected chi connectivity index (χ3v) is 3.65. The highest BCUT2D eigenvalue weighted by atomic mass is 15.3. The smallest absolute Gasteiger partial charge is 0.0628 e. The van der Waals surface area contributed by atoms with Gasteiger partial charge in [0.1, 0.15) is 0 Å². The van der Waals surface area contributed by atoms with Gasteiger partial charge in [0, 0.05) is 6.20 Å². The van der Waals surface area contributed by atoms with Crippen LogP contribution in [0.3, 0.4) is 0 Å². The fraction of sp³-hybridized carbons (Fsp3) is 0.750. The van der Waals surface area contributed by atoms with Crippen LogP contribution in [-0.4, -0.2) is 22.9 Å². The lowest BCUT2D eigenvalue weighted by Gasteiger charge is -2.22. The van der Waals surface area contributed by atoms with Gasteiger partial charge >= 0.3 is 0 Å². The maximum absolute atomic E-state index is 4.68. The first-order valence-electron chi connectivity index (χ1n) is 6.11. The summed E-state index contributed by atoms with van der Waals surface area (Å²) in [6, 6.07) is 0.637. The lowest BCUT2D eigenvalue weighted by atomic mass is 10.1. The van der Waals surface area contributed by atoms with Gasteiger partial charge in [0.25, 0.3) is 0 Å². The van der Waals surface area contributed by atoms with Gasteiger partial charge in [-0.05, 0) is 57.2 Å². The van der Waals surface area contributed by atoms with Crippen LogP contribution >= 0.6 is 0 Å². The molecule has 0 atom stereocenters. The monoisotopic (exact) mass is 205 g/mol. The van der Waals surface area contributed by atoms with Gasteiger partial charge in [0.05, 0.1) is 11.7 Å². The van der Waals surface area contributed by atoms with E-state index in [0.717, 1.165) is 19.0 Å². The summed E-state index contributed by atoms with van der Waals surface area (Å²) >= 11 is 0. The largest absolute Gasteiger partial charge is 0.317 e. The van der Waals surface area contributed by atoms with Gasteiger partial charge in [0.15, 0.2) is 0 Å². The molecule has 3 heteroatoms. The van der Waals surface area contributed by atoms with Crippen molar-refractivity contribution in [3.63, 3.8) is 0 Å². The Morgan fingerprint density at radius 3 is 2.67 bits per heavy atom. The molecule has 2 aliphatic rings. The summed E-state index contributed by atoms with van der Waals surface area (Å²) in [5, 5.41) is 8.08. The molecule has 2 heterocycles. The first kappa shape index (κ1) is 9.40. The molecule has 0 aromatic carbocycles. The Labute approximate surface area is 90.9 Å². The molecule has 2 fully saturated rings. The third-order valence-electron chi connectivity index (χ3n) is 3.65. The first-order chi connectivity index (χ1) is 7.34. The molecule has 0 spiro atoms. The van der Waals surface area contributed by atoms with Crippen LogP contribution < -0.4 is 5.32 Å². The Kier molecular flexibility index (Phi) is 2.28. The fourth-order valence-corrected chi connectivity index (χ4v) is 2.55. The Balaban J connectivity index is 1.81. The number of hydrogen-bond donors (Lipinski definition) is 1. The van der Waals surface area contributed by atoms with Gasteiger partial charge in [-0.15, -0.1) is 0 Å². The van der Waals surface area contributed by atoms with Crippen molar-refractivity contribution in [2.75, 3.05) is 13.1 Å². The van der Waals surface area contributed by atoms with Crippen molar-refractivity contribution in [3.05, 3.63) is 17.5 Å². The molecule has 0 radical (unpaired) electrons. The highest BCUT2D eigenvalue weighted by molar-refractivity contribution is 5.25. The minimum Gasteiger partial charge on any atom is -0.317 e. The summed E-state index contributed by atoms with van der Waals surface area (Å²) in [6.07, 6.45) is 7.51. The standard InChI is InChI=1S/C12H19N3/c1-9-12(10-2-3-10)8-15(14-9)11-4-6-13-7-5-11/h8,10-11,13H,2-7H2,1H3. The maximum Gasteiger partial charge on any atom is 0.0628 e. The summed E-state index contributed by atoms with van der Waals surface area (Å²) in [5.41, 5.74) is 2.77. The number of nitrogens with one attached hydrogen (secondary N) is 1. The van der Waals surface area contributed by atoms with E-state index in [2.05, 4.69) is 28.2 Å². The zero-order valence-corrected chi connectivity index (χ0v) is 9.37. The van der Waals surface area contributed by atoms with E-state index in [-0.39, 0.29) is 0 Å². The molecule has 1 aliphatic carbocycles. The molecule has 3 nitrogen and oxygen atoms in total. The molecule has 1 aromatic heterocycles. The lowest BCUT2D eigenvalue weighted by molar-refractivity contribution is 0.342. The van der Waals surface area contributed by atoms with Crippen molar-refractivity contribution in [2.45, 2.75) is 44.6 Å². The third kappa shape index (κ3) is 1.81. The van der Waals surface area contributed by atoms with Gasteiger partial charge in [0.2, 0.25) is 0 Å². The molecule has 0 unspecified atom stereocenters. The number of piperidine rings is 1. The molecule has 15 heavy (non-hydrogen) atoms. The minimum absolute atomic E-state index is 0.637. The topological polar surface area (TPSA) is 29.9 Å². The van der Waals surface area contributed by atoms with E-state index in [1.807, 2.05) is 0 Å². The number of aryl methyl sites for hydroxylation is 1. The average molecular weight is 205 g/mol. The van der Waals surface area contributed by atoms with E-state index >= 15 is 0 Å². The van der Waals surface area contributed by atoms with E-state index in [0.29, 0.717) is 6.04 Å². The van der Waals surface area contributed by atoms with Crippen molar-refractivity contribution in [2.24, 2.45) is 0 Å². The molecule has 1 saturated heterocycles. The van der Waals surface area contributed by atoms with Crippen LogP contribution in [0.5, 0.6) is 0 Å². The Morgan fingerprint density at radius 2 is 2.00 bits per heavy atom. The Bertz CT molecular complexity index is 346. The Hall–Kier alpha value is -0.830. The zero-order chi connectivity index (χ0) is 10.3. The van der Waals surface area contributed by atoms with E-state index < -0.39 is 0 Å². The molecular weight excluding hydrogens is 186 g/mol. The normalized spacial score (nSPS) is 23.3.